The average Bonchev–Trinajstić information content (AvgIpc) is 2.85. The summed E-state index contributed by atoms with van der Waals surface area (Å²) in [5, 5.41) is 5.37. The molecule has 2 N–H and O–H groups in total. The lowest BCUT2D eigenvalue weighted by Crippen LogP contribution is -2.44. The van der Waals surface area contributed by atoms with Crippen molar-refractivity contribution in [1.29, 1.82) is 0 Å². The van der Waals surface area contributed by atoms with Crippen molar-refractivity contribution in [2.75, 3.05) is 48.8 Å². The molecule has 36 heavy (non-hydrogen) atoms. The zero-order valence-electron chi connectivity index (χ0n) is 19.3. The van der Waals surface area contributed by atoms with E-state index in [-0.39, 0.29) is 21.8 Å². The van der Waals surface area contributed by atoms with E-state index in [1.165, 1.54) is 24.3 Å². The van der Waals surface area contributed by atoms with Gasteiger partial charge in [0.1, 0.15) is 5.82 Å². The van der Waals surface area contributed by atoms with Gasteiger partial charge >= 0.3 is 6.18 Å². The van der Waals surface area contributed by atoms with Crippen molar-refractivity contribution in [3.05, 3.63) is 82.5 Å². The van der Waals surface area contributed by atoms with E-state index < -0.39 is 23.6 Å². The van der Waals surface area contributed by atoms with Crippen molar-refractivity contribution in [3.8, 4) is 0 Å². The quantitative estimate of drug-likeness (QED) is 0.497. The highest BCUT2D eigenvalue weighted by molar-refractivity contribution is 6.34. The number of alkyl halides is 3. The SMILES string of the molecule is CN1CCN(c2ccc(NC(=O)c3cc(NC(=O)c4cccc(C(F)(F)F)c4)ccc3Cl)cn2)CC1. The minimum Gasteiger partial charge on any atom is -0.354 e. The first kappa shape index (κ1) is 25.5. The molecule has 1 fully saturated rings. The summed E-state index contributed by atoms with van der Waals surface area (Å²) in [6.07, 6.45) is -3.02. The molecule has 4 rings (SSSR count). The van der Waals surface area contributed by atoms with Crippen LogP contribution >= 0.6 is 11.6 Å². The summed E-state index contributed by atoms with van der Waals surface area (Å²) < 4.78 is 38.9. The van der Waals surface area contributed by atoms with E-state index in [2.05, 4.69) is 32.5 Å². The van der Waals surface area contributed by atoms with E-state index in [0.29, 0.717) is 5.69 Å². The molecule has 2 amide bonds. The number of halogens is 4. The molecule has 0 radical (unpaired) electrons. The molecule has 0 atom stereocenters. The Morgan fingerprint density at radius 2 is 1.61 bits per heavy atom. The van der Waals surface area contributed by atoms with Gasteiger partial charge in [0.25, 0.3) is 11.8 Å². The van der Waals surface area contributed by atoms with Crippen LogP contribution in [0.1, 0.15) is 26.3 Å². The molecule has 1 aliphatic heterocycles. The van der Waals surface area contributed by atoms with Gasteiger partial charge in [-0.1, -0.05) is 17.7 Å². The van der Waals surface area contributed by atoms with E-state index in [4.69, 9.17) is 11.6 Å². The van der Waals surface area contributed by atoms with Gasteiger partial charge in [0.05, 0.1) is 28.0 Å². The first-order chi connectivity index (χ1) is 17.1. The summed E-state index contributed by atoms with van der Waals surface area (Å²) in [5.74, 6) is -0.457. The van der Waals surface area contributed by atoms with Crippen molar-refractivity contribution in [2.45, 2.75) is 6.18 Å². The van der Waals surface area contributed by atoms with Gasteiger partial charge in [-0.3, -0.25) is 9.59 Å². The van der Waals surface area contributed by atoms with Crippen LogP contribution in [0.3, 0.4) is 0 Å². The van der Waals surface area contributed by atoms with Crippen molar-refractivity contribution in [2.24, 2.45) is 0 Å². The zero-order valence-corrected chi connectivity index (χ0v) is 20.0. The third kappa shape index (κ3) is 6.13. The van der Waals surface area contributed by atoms with Gasteiger partial charge in [-0.05, 0) is 55.6 Å². The van der Waals surface area contributed by atoms with Crippen molar-refractivity contribution < 1.29 is 22.8 Å². The number of piperazine rings is 1. The summed E-state index contributed by atoms with van der Waals surface area (Å²) in [7, 11) is 2.07. The molecular formula is C25H23ClF3N5O2. The highest BCUT2D eigenvalue weighted by atomic mass is 35.5. The van der Waals surface area contributed by atoms with Crippen LogP contribution in [-0.4, -0.2) is 54.9 Å². The Morgan fingerprint density at radius 1 is 0.917 bits per heavy atom. The number of carbonyl (C=O) groups is 2. The Hall–Kier alpha value is -3.63. The fraction of sp³-hybridized carbons (Fsp3) is 0.240. The van der Waals surface area contributed by atoms with Crippen LogP contribution in [0, 0.1) is 0 Å². The van der Waals surface area contributed by atoms with Gasteiger partial charge in [0, 0.05) is 37.4 Å². The standard InChI is InChI=1S/C25H23ClF3N5O2/c1-33-9-11-34(12-10-33)22-8-6-19(15-30-22)32-24(36)20-14-18(5-7-21(20)26)31-23(35)16-3-2-4-17(13-16)25(27,28)29/h2-8,13-15H,9-12H2,1H3,(H,31,35)(H,32,36). The molecular weight excluding hydrogens is 495 g/mol. The number of amides is 2. The van der Waals surface area contributed by atoms with Gasteiger partial charge in [-0.15, -0.1) is 0 Å². The molecule has 0 spiro atoms. The minimum atomic E-state index is -4.57. The third-order valence-electron chi connectivity index (χ3n) is 5.75. The summed E-state index contributed by atoms with van der Waals surface area (Å²) in [6.45, 7) is 3.62. The van der Waals surface area contributed by atoms with Gasteiger partial charge < -0.3 is 20.4 Å². The first-order valence-corrected chi connectivity index (χ1v) is 11.5. The number of carbonyl (C=O) groups excluding carboxylic acids is 2. The van der Waals surface area contributed by atoms with E-state index in [9.17, 15) is 22.8 Å². The largest absolute Gasteiger partial charge is 0.416 e. The molecule has 0 bridgehead atoms. The van der Waals surface area contributed by atoms with Gasteiger partial charge in [-0.25, -0.2) is 4.98 Å². The summed E-state index contributed by atoms with van der Waals surface area (Å²) in [4.78, 5) is 34.2. The van der Waals surface area contributed by atoms with Crippen LogP contribution < -0.4 is 15.5 Å². The van der Waals surface area contributed by atoms with E-state index in [1.807, 2.05) is 6.07 Å². The summed E-state index contributed by atoms with van der Waals surface area (Å²) in [5.41, 5.74) is -0.347. The number of pyridine rings is 1. The summed E-state index contributed by atoms with van der Waals surface area (Å²) >= 11 is 6.20. The maximum atomic E-state index is 13.0. The van der Waals surface area contributed by atoms with Crippen molar-refractivity contribution in [3.63, 3.8) is 0 Å². The Balaban J connectivity index is 1.44. The number of likely N-dealkylation sites (N-methyl/N-ethyl adjacent to an activating group) is 1. The summed E-state index contributed by atoms with van der Waals surface area (Å²) in [6, 6.07) is 11.9. The normalized spacial score (nSPS) is 14.4. The number of benzene rings is 2. The number of aromatic nitrogens is 1. The number of hydrogen-bond acceptors (Lipinski definition) is 5. The van der Waals surface area contributed by atoms with E-state index >= 15 is 0 Å². The van der Waals surface area contributed by atoms with Crippen LogP contribution in [0.4, 0.5) is 30.4 Å². The predicted octanol–water partition coefficient (Wildman–Crippen LogP) is 5.01. The fourth-order valence-corrected chi connectivity index (χ4v) is 3.90. The Morgan fingerprint density at radius 3 is 2.28 bits per heavy atom. The molecule has 7 nitrogen and oxygen atoms in total. The third-order valence-corrected chi connectivity index (χ3v) is 6.08. The zero-order chi connectivity index (χ0) is 25.9. The smallest absolute Gasteiger partial charge is 0.354 e. The molecule has 1 aliphatic rings. The second kappa shape index (κ2) is 10.5. The second-order valence-electron chi connectivity index (χ2n) is 8.38. The maximum Gasteiger partial charge on any atom is 0.416 e. The lowest BCUT2D eigenvalue weighted by molar-refractivity contribution is -0.137. The predicted molar refractivity (Wildman–Crippen MR) is 133 cm³/mol. The highest BCUT2D eigenvalue weighted by Gasteiger charge is 2.31. The molecule has 11 heteroatoms. The molecule has 0 aliphatic carbocycles. The number of anilines is 3. The Kier molecular flexibility index (Phi) is 7.46. The number of nitrogens with one attached hydrogen (secondary N) is 2. The average molecular weight is 518 g/mol. The van der Waals surface area contributed by atoms with Crippen LogP contribution in [-0.2, 0) is 6.18 Å². The van der Waals surface area contributed by atoms with Crippen LogP contribution in [0.15, 0.2) is 60.8 Å². The monoisotopic (exact) mass is 517 g/mol. The highest BCUT2D eigenvalue weighted by Crippen LogP contribution is 2.30. The fourth-order valence-electron chi connectivity index (χ4n) is 3.70. The molecule has 0 unspecified atom stereocenters. The Bertz CT molecular complexity index is 1260. The van der Waals surface area contributed by atoms with E-state index in [0.717, 1.165) is 50.2 Å². The molecule has 1 saturated heterocycles. The molecule has 188 valence electrons. The van der Waals surface area contributed by atoms with Crippen molar-refractivity contribution >= 4 is 40.6 Å². The minimum absolute atomic E-state index is 0.0849. The van der Waals surface area contributed by atoms with Gasteiger partial charge in [0.15, 0.2) is 0 Å². The molecule has 2 aromatic carbocycles. The lowest BCUT2D eigenvalue weighted by atomic mass is 10.1. The topological polar surface area (TPSA) is 77.6 Å². The first-order valence-electron chi connectivity index (χ1n) is 11.1. The van der Waals surface area contributed by atoms with Crippen LogP contribution in [0.25, 0.3) is 0 Å². The van der Waals surface area contributed by atoms with Crippen LogP contribution in [0.5, 0.6) is 0 Å². The molecule has 2 heterocycles. The van der Waals surface area contributed by atoms with Gasteiger partial charge in [-0.2, -0.15) is 13.2 Å². The number of nitrogens with zero attached hydrogens (tertiary/aromatic N) is 3. The molecule has 0 saturated carbocycles. The lowest BCUT2D eigenvalue weighted by Gasteiger charge is -2.33. The number of hydrogen-bond donors (Lipinski definition) is 2. The number of rotatable bonds is 5. The van der Waals surface area contributed by atoms with E-state index in [1.54, 1.807) is 12.3 Å². The molecule has 1 aromatic heterocycles. The van der Waals surface area contributed by atoms with Crippen molar-refractivity contribution in [1.82, 2.24) is 9.88 Å². The van der Waals surface area contributed by atoms with Crippen LogP contribution in [0.2, 0.25) is 5.02 Å². The maximum absolute atomic E-state index is 13.0. The second-order valence-corrected chi connectivity index (χ2v) is 8.78. The van der Waals surface area contributed by atoms with Gasteiger partial charge in [0.2, 0.25) is 0 Å². The Labute approximate surface area is 210 Å². The molecule has 3 aromatic rings.